The highest BCUT2D eigenvalue weighted by atomic mass is 16.5. The van der Waals surface area contributed by atoms with Crippen molar-refractivity contribution in [1.29, 1.82) is 0 Å². The molecule has 1 heterocycles. The molecule has 1 aliphatic heterocycles. The van der Waals surface area contributed by atoms with Gasteiger partial charge in [-0.1, -0.05) is 25.8 Å². The van der Waals surface area contributed by atoms with Gasteiger partial charge in [-0.15, -0.1) is 0 Å². The quantitative estimate of drug-likeness (QED) is 0.655. The van der Waals surface area contributed by atoms with Crippen LogP contribution in [0.2, 0.25) is 0 Å². The van der Waals surface area contributed by atoms with Crippen LogP contribution in [0.5, 0.6) is 0 Å². The number of nitrogens with one attached hydrogen (secondary N) is 2. The van der Waals surface area contributed by atoms with Crippen LogP contribution in [0, 0.1) is 0 Å². The largest absolute Gasteiger partial charge is 0.361 e. The fourth-order valence-corrected chi connectivity index (χ4v) is 1.40. The minimum atomic E-state index is -0.162. The maximum atomic E-state index is 11.1. The normalized spacial score (nSPS) is 25.1. The highest BCUT2D eigenvalue weighted by Crippen LogP contribution is 2.07. The van der Waals surface area contributed by atoms with Crippen molar-refractivity contribution in [1.82, 2.24) is 10.6 Å². The zero-order valence-corrected chi connectivity index (χ0v) is 8.80. The Bertz CT molecular complexity index is 226. The first-order chi connectivity index (χ1) is 6.77. The zero-order chi connectivity index (χ0) is 10.4. The van der Waals surface area contributed by atoms with E-state index in [1.165, 1.54) is 0 Å². The molecule has 4 nitrogen and oxygen atoms in total. The summed E-state index contributed by atoms with van der Waals surface area (Å²) >= 11 is 0. The van der Waals surface area contributed by atoms with Crippen molar-refractivity contribution in [3.63, 3.8) is 0 Å². The van der Waals surface area contributed by atoms with Crippen LogP contribution in [0.25, 0.3) is 0 Å². The molecule has 0 bridgehead atoms. The van der Waals surface area contributed by atoms with Crippen molar-refractivity contribution >= 4 is 5.91 Å². The second kappa shape index (κ2) is 5.78. The predicted molar refractivity (Wildman–Crippen MR) is 54.6 cm³/mol. The Labute approximate surface area is 84.7 Å². The van der Waals surface area contributed by atoms with E-state index in [2.05, 4.69) is 17.6 Å². The van der Waals surface area contributed by atoms with Gasteiger partial charge in [-0.2, -0.15) is 0 Å². The Balaban J connectivity index is 2.51. The third-order valence-corrected chi connectivity index (χ3v) is 2.17. The van der Waals surface area contributed by atoms with E-state index in [9.17, 15) is 4.79 Å². The van der Waals surface area contributed by atoms with Gasteiger partial charge in [0.05, 0.1) is 12.2 Å². The number of unbranched alkanes of at least 4 members (excludes halogenated alkanes) is 2. The topological polar surface area (TPSA) is 50.4 Å². The summed E-state index contributed by atoms with van der Waals surface area (Å²) in [4.78, 5) is 11.1. The third kappa shape index (κ3) is 3.12. The number of piperazine rings is 1. The minimum Gasteiger partial charge on any atom is -0.361 e. The number of carbonyl (C=O) groups excluding carboxylic acids is 1. The fraction of sp³-hybridized carbons (Fsp3) is 0.700. The van der Waals surface area contributed by atoms with Gasteiger partial charge < -0.3 is 10.1 Å². The Morgan fingerprint density at radius 3 is 3.07 bits per heavy atom. The molecule has 1 unspecified atom stereocenters. The molecule has 14 heavy (non-hydrogen) atoms. The summed E-state index contributed by atoms with van der Waals surface area (Å²) in [6.07, 6.45) is 5.14. The molecule has 0 aromatic carbocycles. The lowest BCUT2D eigenvalue weighted by Crippen LogP contribution is -2.50. The number of carbonyl (C=O) groups is 1. The minimum absolute atomic E-state index is 0.000971. The van der Waals surface area contributed by atoms with Gasteiger partial charge >= 0.3 is 0 Å². The highest BCUT2D eigenvalue weighted by Gasteiger charge is 2.21. The van der Waals surface area contributed by atoms with Crippen molar-refractivity contribution in [2.24, 2.45) is 0 Å². The van der Waals surface area contributed by atoms with Crippen molar-refractivity contribution < 1.29 is 9.53 Å². The summed E-state index contributed by atoms with van der Waals surface area (Å²) in [7, 11) is 1.63. The van der Waals surface area contributed by atoms with Crippen molar-refractivity contribution in [2.75, 3.05) is 13.7 Å². The van der Waals surface area contributed by atoms with E-state index in [1.54, 1.807) is 7.11 Å². The standard InChI is InChI=1S/C10H18N2O2/c1-3-4-5-6-8-10(14-2)11-7-9(13)12-8/h6,10-11H,3-5,7H2,1-2H3,(H,12,13)/b8-6-. The van der Waals surface area contributed by atoms with Gasteiger partial charge in [-0.05, 0) is 6.42 Å². The van der Waals surface area contributed by atoms with Crippen LogP contribution in [-0.4, -0.2) is 25.8 Å². The molecule has 1 aliphatic rings. The maximum Gasteiger partial charge on any atom is 0.238 e. The number of allylic oxidation sites excluding steroid dienone is 1. The van der Waals surface area contributed by atoms with E-state index in [1.807, 2.05) is 6.08 Å². The van der Waals surface area contributed by atoms with Crippen LogP contribution in [0.3, 0.4) is 0 Å². The molecule has 0 aromatic heterocycles. The Kier molecular flexibility index (Phi) is 4.62. The highest BCUT2D eigenvalue weighted by molar-refractivity contribution is 5.81. The van der Waals surface area contributed by atoms with Gasteiger partial charge in [-0.3, -0.25) is 10.1 Å². The van der Waals surface area contributed by atoms with Gasteiger partial charge in [0.2, 0.25) is 5.91 Å². The first kappa shape index (κ1) is 11.2. The number of rotatable bonds is 4. The van der Waals surface area contributed by atoms with Crippen LogP contribution in [0.4, 0.5) is 0 Å². The summed E-state index contributed by atoms with van der Waals surface area (Å²) < 4.78 is 5.19. The monoisotopic (exact) mass is 198 g/mol. The molecule has 0 spiro atoms. The molecule has 0 aromatic rings. The molecule has 1 saturated heterocycles. The average Bonchev–Trinajstić information content (AvgIpc) is 2.19. The summed E-state index contributed by atoms with van der Waals surface area (Å²) in [5.74, 6) is 0.000971. The number of hydrogen-bond donors (Lipinski definition) is 2. The molecular weight excluding hydrogens is 180 g/mol. The molecular formula is C10H18N2O2. The third-order valence-electron chi connectivity index (χ3n) is 2.17. The average molecular weight is 198 g/mol. The molecule has 0 saturated carbocycles. The molecule has 2 N–H and O–H groups in total. The van der Waals surface area contributed by atoms with E-state index in [0.717, 1.165) is 25.0 Å². The van der Waals surface area contributed by atoms with E-state index in [0.29, 0.717) is 6.54 Å². The van der Waals surface area contributed by atoms with Crippen LogP contribution in [0.1, 0.15) is 26.2 Å². The number of hydrogen-bond acceptors (Lipinski definition) is 3. The first-order valence-electron chi connectivity index (χ1n) is 5.04. The molecule has 1 amide bonds. The van der Waals surface area contributed by atoms with Crippen molar-refractivity contribution in [2.45, 2.75) is 32.4 Å². The molecule has 0 aliphatic carbocycles. The van der Waals surface area contributed by atoms with Gasteiger partial charge in [0.15, 0.2) is 0 Å². The Morgan fingerprint density at radius 2 is 2.43 bits per heavy atom. The van der Waals surface area contributed by atoms with Gasteiger partial charge in [0.25, 0.3) is 0 Å². The maximum absolute atomic E-state index is 11.1. The zero-order valence-electron chi connectivity index (χ0n) is 8.80. The summed E-state index contributed by atoms with van der Waals surface area (Å²) in [5.41, 5.74) is 0.845. The molecule has 4 heteroatoms. The van der Waals surface area contributed by atoms with Crippen molar-refractivity contribution in [3.05, 3.63) is 11.8 Å². The molecule has 1 atom stereocenters. The van der Waals surface area contributed by atoms with E-state index in [-0.39, 0.29) is 12.1 Å². The summed E-state index contributed by atoms with van der Waals surface area (Å²) in [6.45, 7) is 2.47. The Hall–Kier alpha value is -0.870. The number of amides is 1. The summed E-state index contributed by atoms with van der Waals surface area (Å²) in [6, 6.07) is 0. The molecule has 1 fully saturated rings. The number of ether oxygens (including phenoxy) is 1. The Morgan fingerprint density at radius 1 is 1.64 bits per heavy atom. The predicted octanol–water partition coefficient (Wildman–Crippen LogP) is 0.752. The van der Waals surface area contributed by atoms with Crippen LogP contribution < -0.4 is 10.6 Å². The van der Waals surface area contributed by atoms with Crippen LogP contribution in [0.15, 0.2) is 11.8 Å². The lowest BCUT2D eigenvalue weighted by molar-refractivity contribution is -0.122. The first-order valence-corrected chi connectivity index (χ1v) is 5.04. The lowest BCUT2D eigenvalue weighted by atomic mass is 10.2. The number of methoxy groups -OCH3 is 1. The van der Waals surface area contributed by atoms with Crippen LogP contribution in [-0.2, 0) is 9.53 Å². The van der Waals surface area contributed by atoms with Gasteiger partial charge in [0, 0.05) is 7.11 Å². The van der Waals surface area contributed by atoms with Crippen molar-refractivity contribution in [3.8, 4) is 0 Å². The second-order valence-corrected chi connectivity index (χ2v) is 3.35. The van der Waals surface area contributed by atoms with Gasteiger partial charge in [-0.25, -0.2) is 0 Å². The van der Waals surface area contributed by atoms with E-state index in [4.69, 9.17) is 4.74 Å². The molecule has 0 radical (unpaired) electrons. The van der Waals surface area contributed by atoms with Gasteiger partial charge in [0.1, 0.15) is 6.23 Å². The van der Waals surface area contributed by atoms with E-state index >= 15 is 0 Å². The van der Waals surface area contributed by atoms with E-state index < -0.39 is 0 Å². The summed E-state index contributed by atoms with van der Waals surface area (Å²) in [5, 5.41) is 5.80. The lowest BCUT2D eigenvalue weighted by Gasteiger charge is -2.25. The second-order valence-electron chi connectivity index (χ2n) is 3.35. The SMILES string of the molecule is CCCC/C=C1\NC(=O)CNC1OC. The molecule has 80 valence electrons. The fourth-order valence-electron chi connectivity index (χ4n) is 1.40. The smallest absolute Gasteiger partial charge is 0.238 e. The molecule has 1 rings (SSSR count). The van der Waals surface area contributed by atoms with Crippen LogP contribution >= 0.6 is 0 Å².